The van der Waals surface area contributed by atoms with Crippen LogP contribution < -0.4 is 11.1 Å². The lowest BCUT2D eigenvalue weighted by molar-refractivity contribution is -0.137. The summed E-state index contributed by atoms with van der Waals surface area (Å²) < 4.78 is 63.9. The highest BCUT2D eigenvalue weighted by molar-refractivity contribution is 6.33. The van der Waals surface area contributed by atoms with Gasteiger partial charge >= 0.3 is 6.18 Å². The van der Waals surface area contributed by atoms with E-state index in [2.05, 4.69) is 10.3 Å². The van der Waals surface area contributed by atoms with E-state index in [0.29, 0.717) is 12.1 Å². The van der Waals surface area contributed by atoms with E-state index in [4.69, 9.17) is 17.3 Å². The third kappa shape index (κ3) is 3.33. The van der Waals surface area contributed by atoms with E-state index < -0.39 is 35.0 Å². The molecule has 21 heavy (non-hydrogen) atoms. The van der Waals surface area contributed by atoms with Crippen molar-refractivity contribution in [2.75, 3.05) is 11.1 Å². The van der Waals surface area contributed by atoms with Crippen LogP contribution in [0.5, 0.6) is 0 Å². The number of pyridine rings is 1. The van der Waals surface area contributed by atoms with E-state index in [0.717, 1.165) is 12.1 Å². The zero-order chi connectivity index (χ0) is 15.8. The Bertz CT molecular complexity index is 687. The maximum absolute atomic E-state index is 13.5. The molecule has 0 amide bonds. The monoisotopic (exact) mass is 323 g/mol. The first-order chi connectivity index (χ1) is 9.68. The number of nitrogen functional groups attached to an aromatic ring is 1. The molecule has 1 aromatic heterocycles. The Labute approximate surface area is 120 Å². The van der Waals surface area contributed by atoms with Crippen LogP contribution in [0.25, 0.3) is 0 Å². The van der Waals surface area contributed by atoms with Gasteiger partial charge < -0.3 is 11.1 Å². The maximum Gasteiger partial charge on any atom is 0.416 e. The Morgan fingerprint density at radius 1 is 1.10 bits per heavy atom. The van der Waals surface area contributed by atoms with Gasteiger partial charge in [0, 0.05) is 6.07 Å². The van der Waals surface area contributed by atoms with Crippen molar-refractivity contribution >= 4 is 28.9 Å². The van der Waals surface area contributed by atoms with Crippen molar-refractivity contribution in [2.45, 2.75) is 6.18 Å². The van der Waals surface area contributed by atoms with Gasteiger partial charge in [-0.25, -0.2) is 13.8 Å². The normalized spacial score (nSPS) is 11.5. The molecule has 0 aliphatic rings. The molecular weight excluding hydrogens is 317 g/mol. The van der Waals surface area contributed by atoms with E-state index in [1.54, 1.807) is 0 Å². The summed E-state index contributed by atoms with van der Waals surface area (Å²) in [6, 6.07) is 2.95. The topological polar surface area (TPSA) is 50.9 Å². The standard InChI is InChI=1S/C12H7ClF5N3/c13-6-3-5(12(16,17)18)1-2-9(6)20-11-8(15)4-7(14)10(19)21-11/h1-4H,(H3,19,20,21). The molecule has 0 radical (unpaired) electrons. The number of hydrogen-bond donors (Lipinski definition) is 2. The summed E-state index contributed by atoms with van der Waals surface area (Å²) in [5.74, 6) is -3.10. The molecule has 0 aliphatic carbocycles. The lowest BCUT2D eigenvalue weighted by atomic mass is 10.2. The van der Waals surface area contributed by atoms with E-state index in [1.165, 1.54) is 0 Å². The summed E-state index contributed by atoms with van der Waals surface area (Å²) in [5.41, 5.74) is 4.21. The van der Waals surface area contributed by atoms with Gasteiger partial charge in [-0.1, -0.05) is 11.6 Å². The van der Waals surface area contributed by atoms with Crippen LogP contribution in [0.2, 0.25) is 5.02 Å². The molecule has 112 valence electrons. The fraction of sp³-hybridized carbons (Fsp3) is 0.0833. The first-order valence-electron chi connectivity index (χ1n) is 5.44. The minimum absolute atomic E-state index is 0.0259. The number of hydrogen-bond acceptors (Lipinski definition) is 3. The Morgan fingerprint density at radius 3 is 2.33 bits per heavy atom. The molecule has 0 atom stereocenters. The summed E-state index contributed by atoms with van der Waals surface area (Å²) in [4.78, 5) is 3.42. The van der Waals surface area contributed by atoms with E-state index in [9.17, 15) is 22.0 Å². The predicted octanol–water partition coefficient (Wildman–Crippen LogP) is 4.36. The quantitative estimate of drug-likeness (QED) is 0.807. The maximum atomic E-state index is 13.5. The molecule has 0 spiro atoms. The van der Waals surface area contributed by atoms with Gasteiger partial charge in [0.15, 0.2) is 23.3 Å². The second-order valence-electron chi connectivity index (χ2n) is 4.00. The van der Waals surface area contributed by atoms with Crippen molar-refractivity contribution in [3.05, 3.63) is 46.5 Å². The molecule has 1 heterocycles. The molecule has 3 N–H and O–H groups in total. The van der Waals surface area contributed by atoms with Gasteiger partial charge in [-0.3, -0.25) is 0 Å². The number of anilines is 3. The number of aromatic nitrogens is 1. The summed E-state index contributed by atoms with van der Waals surface area (Å²) in [6.07, 6.45) is -4.55. The minimum atomic E-state index is -4.55. The van der Waals surface area contributed by atoms with Crippen LogP contribution in [0, 0.1) is 11.6 Å². The first kappa shape index (κ1) is 15.3. The van der Waals surface area contributed by atoms with E-state index in [-0.39, 0.29) is 10.7 Å². The zero-order valence-electron chi connectivity index (χ0n) is 10.1. The predicted molar refractivity (Wildman–Crippen MR) is 68.3 cm³/mol. The third-order valence-electron chi connectivity index (χ3n) is 2.51. The highest BCUT2D eigenvalue weighted by Crippen LogP contribution is 2.34. The fourth-order valence-corrected chi connectivity index (χ4v) is 1.72. The van der Waals surface area contributed by atoms with E-state index in [1.807, 2.05) is 0 Å². The number of alkyl halides is 3. The summed E-state index contributed by atoms with van der Waals surface area (Å²) in [7, 11) is 0. The van der Waals surface area contributed by atoms with Gasteiger partial charge in [0.1, 0.15) is 0 Å². The first-order valence-corrected chi connectivity index (χ1v) is 5.81. The lowest BCUT2D eigenvalue weighted by Gasteiger charge is -2.12. The third-order valence-corrected chi connectivity index (χ3v) is 2.82. The highest BCUT2D eigenvalue weighted by atomic mass is 35.5. The van der Waals surface area contributed by atoms with Gasteiger partial charge in [-0.15, -0.1) is 0 Å². The molecular formula is C12H7ClF5N3. The smallest absolute Gasteiger partial charge is 0.381 e. The van der Waals surface area contributed by atoms with Crippen LogP contribution in [0.15, 0.2) is 24.3 Å². The highest BCUT2D eigenvalue weighted by Gasteiger charge is 2.31. The number of nitrogens with two attached hydrogens (primary N) is 1. The minimum Gasteiger partial charge on any atom is -0.381 e. The molecule has 0 saturated heterocycles. The van der Waals surface area contributed by atoms with Crippen molar-refractivity contribution in [1.29, 1.82) is 0 Å². The number of nitrogens with one attached hydrogen (secondary N) is 1. The van der Waals surface area contributed by atoms with Crippen LogP contribution in [-0.2, 0) is 6.18 Å². The number of rotatable bonds is 2. The SMILES string of the molecule is Nc1nc(Nc2ccc(C(F)(F)F)cc2Cl)c(F)cc1F. The second-order valence-corrected chi connectivity index (χ2v) is 4.41. The number of halogens is 6. The molecule has 0 bridgehead atoms. The van der Waals surface area contributed by atoms with Crippen LogP contribution in [0.3, 0.4) is 0 Å². The molecule has 3 nitrogen and oxygen atoms in total. The molecule has 0 fully saturated rings. The molecule has 9 heteroatoms. The van der Waals surface area contributed by atoms with Crippen molar-refractivity contribution in [3.8, 4) is 0 Å². The van der Waals surface area contributed by atoms with Crippen LogP contribution >= 0.6 is 11.6 Å². The Kier molecular flexibility index (Phi) is 3.91. The Morgan fingerprint density at radius 2 is 1.76 bits per heavy atom. The number of benzene rings is 1. The van der Waals surface area contributed by atoms with Crippen molar-refractivity contribution in [1.82, 2.24) is 4.98 Å². The molecule has 0 aliphatic heterocycles. The second kappa shape index (κ2) is 5.36. The van der Waals surface area contributed by atoms with Crippen molar-refractivity contribution in [2.24, 2.45) is 0 Å². The van der Waals surface area contributed by atoms with Gasteiger partial charge in [0.2, 0.25) is 0 Å². The van der Waals surface area contributed by atoms with Crippen LogP contribution in [0.1, 0.15) is 5.56 Å². The number of nitrogens with zero attached hydrogens (tertiary/aromatic N) is 1. The van der Waals surface area contributed by atoms with Gasteiger partial charge in [0.05, 0.1) is 16.3 Å². The average molecular weight is 324 g/mol. The van der Waals surface area contributed by atoms with Crippen molar-refractivity contribution in [3.63, 3.8) is 0 Å². The molecule has 1 aromatic carbocycles. The van der Waals surface area contributed by atoms with Crippen molar-refractivity contribution < 1.29 is 22.0 Å². The molecule has 2 aromatic rings. The van der Waals surface area contributed by atoms with Crippen LogP contribution in [0.4, 0.5) is 39.3 Å². The molecule has 0 unspecified atom stereocenters. The zero-order valence-corrected chi connectivity index (χ0v) is 10.9. The Hall–Kier alpha value is -2.09. The summed E-state index contributed by atoms with van der Waals surface area (Å²) in [6.45, 7) is 0. The largest absolute Gasteiger partial charge is 0.416 e. The van der Waals surface area contributed by atoms with Gasteiger partial charge in [-0.2, -0.15) is 13.2 Å². The van der Waals surface area contributed by atoms with E-state index >= 15 is 0 Å². The fourth-order valence-electron chi connectivity index (χ4n) is 1.49. The van der Waals surface area contributed by atoms with Crippen LogP contribution in [-0.4, -0.2) is 4.98 Å². The molecule has 0 saturated carbocycles. The Balaban J connectivity index is 2.35. The van der Waals surface area contributed by atoms with Gasteiger partial charge in [-0.05, 0) is 18.2 Å². The average Bonchev–Trinajstić information content (AvgIpc) is 2.36. The lowest BCUT2D eigenvalue weighted by Crippen LogP contribution is -2.06. The van der Waals surface area contributed by atoms with Gasteiger partial charge in [0.25, 0.3) is 0 Å². The summed E-state index contributed by atoms with van der Waals surface area (Å²) in [5, 5.41) is 2.06. The summed E-state index contributed by atoms with van der Waals surface area (Å²) >= 11 is 5.69. The molecule has 2 rings (SSSR count).